The zero-order valence-corrected chi connectivity index (χ0v) is 13.7. The Bertz CT molecular complexity index is 828. The van der Waals surface area contributed by atoms with Gasteiger partial charge < -0.3 is 20.1 Å². The van der Waals surface area contributed by atoms with E-state index in [2.05, 4.69) is 10.6 Å². The molecule has 6 nitrogen and oxygen atoms in total. The Balaban J connectivity index is 1.56. The summed E-state index contributed by atoms with van der Waals surface area (Å²) in [6.07, 6.45) is -0.399. The van der Waals surface area contributed by atoms with E-state index in [1.165, 1.54) is 12.1 Å². The van der Waals surface area contributed by atoms with Crippen LogP contribution in [0.4, 0.5) is 15.8 Å². The van der Waals surface area contributed by atoms with E-state index in [4.69, 9.17) is 21.1 Å². The van der Waals surface area contributed by atoms with E-state index in [0.717, 1.165) is 6.07 Å². The molecule has 0 saturated carbocycles. The molecule has 0 saturated heterocycles. The minimum atomic E-state index is -0.587. The normalized spacial score (nSPS) is 12.4. The van der Waals surface area contributed by atoms with Gasteiger partial charge in [-0.05, 0) is 30.3 Å². The maximum absolute atomic E-state index is 13.1. The van der Waals surface area contributed by atoms with Crippen molar-refractivity contribution in [3.05, 3.63) is 47.2 Å². The second kappa shape index (κ2) is 7.40. The molecular weight excluding hydrogens is 351 g/mol. The van der Waals surface area contributed by atoms with Crippen molar-refractivity contribution in [2.24, 2.45) is 0 Å². The first-order valence-electron chi connectivity index (χ1n) is 7.45. The second-order valence-electron chi connectivity index (χ2n) is 5.26. The Morgan fingerprint density at radius 2 is 1.56 bits per heavy atom. The number of rotatable bonds is 4. The van der Waals surface area contributed by atoms with Gasteiger partial charge in [0.15, 0.2) is 11.5 Å². The Kier molecular flexibility index (Phi) is 5.04. The molecule has 25 heavy (non-hydrogen) atoms. The second-order valence-corrected chi connectivity index (χ2v) is 5.67. The highest BCUT2D eigenvalue weighted by Crippen LogP contribution is 2.32. The SMILES string of the molecule is O=C(CC(=O)Nc1ccc2c(c1)OCCO2)Nc1ccc(F)c(Cl)c1. The summed E-state index contributed by atoms with van der Waals surface area (Å²) in [6.45, 7) is 0.916. The molecule has 130 valence electrons. The summed E-state index contributed by atoms with van der Waals surface area (Å²) in [7, 11) is 0. The standard InChI is InChI=1S/C17H14ClFN2O4/c18-12-7-10(1-3-13(12)19)20-16(22)9-17(23)21-11-2-4-14-15(8-11)25-6-5-24-14/h1-4,7-8H,5-6,9H2,(H,20,22)(H,21,23). The number of nitrogens with one attached hydrogen (secondary N) is 2. The first-order valence-corrected chi connectivity index (χ1v) is 7.83. The average molecular weight is 365 g/mol. The third-order valence-corrected chi connectivity index (χ3v) is 3.64. The first kappa shape index (κ1) is 17.0. The fourth-order valence-electron chi connectivity index (χ4n) is 2.25. The van der Waals surface area contributed by atoms with E-state index in [-0.39, 0.29) is 5.02 Å². The number of fused-ring (bicyclic) bond motifs is 1. The predicted molar refractivity (Wildman–Crippen MR) is 90.7 cm³/mol. The number of halogens is 2. The van der Waals surface area contributed by atoms with Gasteiger partial charge in [0.2, 0.25) is 11.8 Å². The van der Waals surface area contributed by atoms with Crippen molar-refractivity contribution in [1.82, 2.24) is 0 Å². The minimum absolute atomic E-state index is 0.112. The van der Waals surface area contributed by atoms with Crippen LogP contribution in [-0.4, -0.2) is 25.0 Å². The lowest BCUT2D eigenvalue weighted by Crippen LogP contribution is -2.21. The predicted octanol–water partition coefficient (Wildman–Crippen LogP) is 3.22. The largest absolute Gasteiger partial charge is 0.486 e. The number of hydrogen-bond donors (Lipinski definition) is 2. The summed E-state index contributed by atoms with van der Waals surface area (Å²) < 4.78 is 23.9. The van der Waals surface area contributed by atoms with Crippen LogP contribution in [0, 0.1) is 5.82 Å². The minimum Gasteiger partial charge on any atom is -0.486 e. The van der Waals surface area contributed by atoms with Gasteiger partial charge >= 0.3 is 0 Å². The van der Waals surface area contributed by atoms with Crippen molar-refractivity contribution in [3.63, 3.8) is 0 Å². The van der Waals surface area contributed by atoms with Gasteiger partial charge in [-0.1, -0.05) is 11.6 Å². The van der Waals surface area contributed by atoms with Crippen LogP contribution in [0.25, 0.3) is 0 Å². The van der Waals surface area contributed by atoms with Crippen LogP contribution in [0.5, 0.6) is 11.5 Å². The molecular formula is C17H14ClFN2O4. The summed E-state index contributed by atoms with van der Waals surface area (Å²) in [5, 5.41) is 4.98. The monoisotopic (exact) mass is 364 g/mol. The molecule has 2 aromatic carbocycles. The van der Waals surface area contributed by atoms with Crippen LogP contribution in [0.1, 0.15) is 6.42 Å². The van der Waals surface area contributed by atoms with E-state index in [1.54, 1.807) is 18.2 Å². The van der Waals surface area contributed by atoms with E-state index in [9.17, 15) is 14.0 Å². The molecule has 0 unspecified atom stereocenters. The van der Waals surface area contributed by atoms with E-state index in [0.29, 0.717) is 36.1 Å². The number of carbonyl (C=O) groups excluding carboxylic acids is 2. The molecule has 0 fully saturated rings. The number of carbonyl (C=O) groups is 2. The Morgan fingerprint density at radius 1 is 0.960 bits per heavy atom. The third kappa shape index (κ3) is 4.39. The average Bonchev–Trinajstić information content (AvgIpc) is 2.58. The Morgan fingerprint density at radius 3 is 2.24 bits per heavy atom. The maximum Gasteiger partial charge on any atom is 0.233 e. The molecule has 0 spiro atoms. The maximum atomic E-state index is 13.1. The number of benzene rings is 2. The van der Waals surface area contributed by atoms with Crippen LogP contribution in [-0.2, 0) is 9.59 Å². The molecule has 3 rings (SSSR count). The molecule has 0 aliphatic carbocycles. The topological polar surface area (TPSA) is 76.7 Å². The van der Waals surface area contributed by atoms with E-state index >= 15 is 0 Å². The quantitative estimate of drug-likeness (QED) is 0.817. The summed E-state index contributed by atoms with van der Waals surface area (Å²) in [5.74, 6) is -0.485. The van der Waals surface area contributed by atoms with Crippen LogP contribution in [0.15, 0.2) is 36.4 Å². The lowest BCUT2D eigenvalue weighted by Gasteiger charge is -2.19. The number of amides is 2. The van der Waals surface area contributed by atoms with Crippen LogP contribution in [0.2, 0.25) is 5.02 Å². The lowest BCUT2D eigenvalue weighted by atomic mass is 10.2. The molecule has 1 aliphatic heterocycles. The van der Waals surface area contributed by atoms with Crippen molar-refractivity contribution in [3.8, 4) is 11.5 Å². The summed E-state index contributed by atoms with van der Waals surface area (Å²) in [6, 6.07) is 8.73. The van der Waals surface area contributed by atoms with E-state index in [1.807, 2.05) is 0 Å². The van der Waals surface area contributed by atoms with Gasteiger partial charge in [-0.3, -0.25) is 9.59 Å². The highest BCUT2D eigenvalue weighted by molar-refractivity contribution is 6.31. The van der Waals surface area contributed by atoms with Gasteiger partial charge in [-0.25, -0.2) is 4.39 Å². The molecule has 2 amide bonds. The van der Waals surface area contributed by atoms with Crippen molar-refractivity contribution in [2.45, 2.75) is 6.42 Å². The van der Waals surface area contributed by atoms with Crippen molar-refractivity contribution >= 4 is 34.8 Å². The Hall–Kier alpha value is -2.80. The summed E-state index contributed by atoms with van der Waals surface area (Å²) in [4.78, 5) is 23.9. The van der Waals surface area contributed by atoms with Gasteiger partial charge in [-0.15, -0.1) is 0 Å². The molecule has 1 aliphatic rings. The summed E-state index contributed by atoms with van der Waals surface area (Å²) >= 11 is 5.64. The molecule has 0 radical (unpaired) electrons. The molecule has 0 bridgehead atoms. The van der Waals surface area contributed by atoms with Crippen LogP contribution >= 0.6 is 11.6 Å². The molecule has 0 aromatic heterocycles. The van der Waals surface area contributed by atoms with Crippen LogP contribution in [0.3, 0.4) is 0 Å². The summed E-state index contributed by atoms with van der Waals surface area (Å²) in [5.41, 5.74) is 0.801. The van der Waals surface area contributed by atoms with Crippen molar-refractivity contribution in [1.29, 1.82) is 0 Å². The fraction of sp³-hybridized carbons (Fsp3) is 0.176. The Labute approximate surface area is 147 Å². The molecule has 8 heteroatoms. The number of hydrogen-bond acceptors (Lipinski definition) is 4. The van der Waals surface area contributed by atoms with Gasteiger partial charge in [0.25, 0.3) is 0 Å². The van der Waals surface area contributed by atoms with Crippen molar-refractivity contribution in [2.75, 3.05) is 23.8 Å². The van der Waals surface area contributed by atoms with Gasteiger partial charge in [0.1, 0.15) is 25.5 Å². The molecule has 2 N–H and O–H groups in total. The van der Waals surface area contributed by atoms with Gasteiger partial charge in [0, 0.05) is 17.4 Å². The van der Waals surface area contributed by atoms with Gasteiger partial charge in [-0.2, -0.15) is 0 Å². The highest BCUT2D eigenvalue weighted by atomic mass is 35.5. The van der Waals surface area contributed by atoms with Crippen LogP contribution < -0.4 is 20.1 Å². The molecule has 0 atom stereocenters. The zero-order valence-electron chi connectivity index (χ0n) is 13.0. The van der Waals surface area contributed by atoms with Gasteiger partial charge in [0.05, 0.1) is 5.02 Å². The first-order chi connectivity index (χ1) is 12.0. The van der Waals surface area contributed by atoms with E-state index < -0.39 is 24.1 Å². The lowest BCUT2D eigenvalue weighted by molar-refractivity contribution is -0.123. The smallest absolute Gasteiger partial charge is 0.233 e. The number of anilines is 2. The number of ether oxygens (including phenoxy) is 2. The highest BCUT2D eigenvalue weighted by Gasteiger charge is 2.14. The fourth-order valence-corrected chi connectivity index (χ4v) is 2.43. The zero-order chi connectivity index (χ0) is 17.8. The molecule has 1 heterocycles. The molecule has 2 aromatic rings. The third-order valence-electron chi connectivity index (χ3n) is 3.35. The van der Waals surface area contributed by atoms with Crippen molar-refractivity contribution < 1.29 is 23.5 Å².